The van der Waals surface area contributed by atoms with Crippen LogP contribution < -0.4 is 19.2 Å². The van der Waals surface area contributed by atoms with Gasteiger partial charge in [-0.15, -0.1) is 0 Å². The van der Waals surface area contributed by atoms with Crippen molar-refractivity contribution >= 4 is 27.8 Å². The van der Waals surface area contributed by atoms with Crippen LogP contribution in [0.15, 0.2) is 69.2 Å². The molecule has 1 amide bonds. The molecule has 0 saturated heterocycles. The van der Waals surface area contributed by atoms with E-state index in [1.54, 1.807) is 24.3 Å². The smallest absolute Gasteiger partial charge is 0.264 e. The first kappa shape index (κ1) is 23.9. The molecular formula is C23H25N3O6S. The quantitative estimate of drug-likeness (QED) is 0.379. The van der Waals surface area contributed by atoms with Gasteiger partial charge in [-0.2, -0.15) is 5.10 Å². The average Bonchev–Trinajstić information content (AvgIpc) is 3.29. The van der Waals surface area contributed by atoms with Gasteiger partial charge in [0.15, 0.2) is 11.5 Å². The van der Waals surface area contributed by atoms with Crippen LogP contribution in [0.1, 0.15) is 16.9 Å². The molecule has 9 nitrogen and oxygen atoms in total. The van der Waals surface area contributed by atoms with E-state index >= 15 is 0 Å². The molecule has 10 heteroatoms. The first-order chi connectivity index (χ1) is 15.7. The summed E-state index contributed by atoms with van der Waals surface area (Å²) in [6.07, 6.45) is 2.79. The number of hydrazone groups is 1. The topological polar surface area (TPSA) is 110 Å². The SMILES string of the molecule is COc1ccc(S(=O)(=O)N(CC(=O)N/N=C\c2ccco2)c2cc(C)cc(C)c2)cc1OC. The maximum atomic E-state index is 13.6. The highest BCUT2D eigenvalue weighted by atomic mass is 32.2. The van der Waals surface area contributed by atoms with Crippen molar-refractivity contribution < 1.29 is 27.1 Å². The van der Waals surface area contributed by atoms with Gasteiger partial charge < -0.3 is 13.9 Å². The lowest BCUT2D eigenvalue weighted by Gasteiger charge is -2.25. The fraction of sp³-hybridized carbons (Fsp3) is 0.217. The molecule has 1 aromatic heterocycles. The molecule has 3 aromatic rings. The molecule has 0 radical (unpaired) electrons. The lowest BCUT2D eigenvalue weighted by Crippen LogP contribution is -2.39. The van der Waals surface area contributed by atoms with Crippen LogP contribution in [0.5, 0.6) is 11.5 Å². The lowest BCUT2D eigenvalue weighted by atomic mass is 10.1. The van der Waals surface area contributed by atoms with Gasteiger partial charge in [-0.3, -0.25) is 9.10 Å². The molecule has 0 fully saturated rings. The van der Waals surface area contributed by atoms with Gasteiger partial charge in [-0.1, -0.05) is 6.07 Å². The van der Waals surface area contributed by atoms with Crippen molar-refractivity contribution in [3.63, 3.8) is 0 Å². The Balaban J connectivity index is 1.96. The molecule has 0 atom stereocenters. The molecule has 0 saturated carbocycles. The third kappa shape index (κ3) is 5.72. The molecule has 3 rings (SSSR count). The second kappa shape index (κ2) is 10.2. The number of ether oxygens (including phenoxy) is 2. The van der Waals surface area contributed by atoms with Gasteiger partial charge in [0.25, 0.3) is 15.9 Å². The Morgan fingerprint density at radius 1 is 1.06 bits per heavy atom. The summed E-state index contributed by atoms with van der Waals surface area (Å²) in [6, 6.07) is 12.9. The van der Waals surface area contributed by atoms with Gasteiger partial charge in [0, 0.05) is 6.07 Å². The minimum absolute atomic E-state index is 0.0498. The van der Waals surface area contributed by atoms with E-state index in [0.29, 0.717) is 17.2 Å². The number of anilines is 1. The third-order valence-corrected chi connectivity index (χ3v) is 6.42. The van der Waals surface area contributed by atoms with E-state index in [0.717, 1.165) is 15.4 Å². The fourth-order valence-corrected chi connectivity index (χ4v) is 4.63. The molecule has 0 aliphatic rings. The Kier molecular flexibility index (Phi) is 7.39. The molecule has 0 aliphatic carbocycles. The Morgan fingerprint density at radius 2 is 1.76 bits per heavy atom. The number of hydrogen-bond donors (Lipinski definition) is 1. The lowest BCUT2D eigenvalue weighted by molar-refractivity contribution is -0.119. The number of carbonyl (C=O) groups is 1. The van der Waals surface area contributed by atoms with E-state index in [9.17, 15) is 13.2 Å². The number of benzene rings is 2. The van der Waals surface area contributed by atoms with Crippen molar-refractivity contribution in [2.75, 3.05) is 25.1 Å². The zero-order valence-corrected chi connectivity index (χ0v) is 19.5. The molecule has 1 heterocycles. The van der Waals surface area contributed by atoms with Crippen LogP contribution in [0, 0.1) is 13.8 Å². The Morgan fingerprint density at radius 3 is 2.36 bits per heavy atom. The summed E-state index contributed by atoms with van der Waals surface area (Å²) < 4.78 is 43.8. The first-order valence-electron chi connectivity index (χ1n) is 9.93. The Bertz CT molecular complexity index is 1230. The van der Waals surface area contributed by atoms with E-state index < -0.39 is 22.5 Å². The summed E-state index contributed by atoms with van der Waals surface area (Å²) in [5.74, 6) is 0.464. The molecular weight excluding hydrogens is 446 g/mol. The van der Waals surface area contributed by atoms with Crippen LogP contribution in [0.25, 0.3) is 0 Å². The number of sulfonamides is 1. The van der Waals surface area contributed by atoms with Crippen molar-refractivity contribution in [1.29, 1.82) is 0 Å². The van der Waals surface area contributed by atoms with Crippen molar-refractivity contribution in [3.8, 4) is 11.5 Å². The Hall–Kier alpha value is -3.79. The minimum atomic E-state index is -4.14. The van der Waals surface area contributed by atoms with Crippen LogP contribution in [0.3, 0.4) is 0 Å². The van der Waals surface area contributed by atoms with Gasteiger partial charge in [-0.25, -0.2) is 13.8 Å². The van der Waals surface area contributed by atoms with Crippen molar-refractivity contribution in [2.45, 2.75) is 18.7 Å². The summed E-state index contributed by atoms with van der Waals surface area (Å²) in [5.41, 5.74) is 4.40. The minimum Gasteiger partial charge on any atom is -0.493 e. The standard InChI is InChI=1S/C23H25N3O6S/c1-16-10-17(2)12-18(11-16)26(15-23(27)25-24-14-19-6-5-9-32-19)33(28,29)20-7-8-21(30-3)22(13-20)31-4/h5-14H,15H2,1-4H3,(H,25,27)/b24-14-. The highest BCUT2D eigenvalue weighted by molar-refractivity contribution is 7.92. The predicted molar refractivity (Wildman–Crippen MR) is 124 cm³/mol. The van der Waals surface area contributed by atoms with E-state index in [1.165, 1.54) is 44.9 Å². The number of amides is 1. The van der Waals surface area contributed by atoms with Crippen molar-refractivity contribution in [3.05, 3.63) is 71.7 Å². The zero-order chi connectivity index (χ0) is 24.0. The molecule has 0 unspecified atom stereocenters. The highest BCUT2D eigenvalue weighted by Gasteiger charge is 2.28. The third-order valence-electron chi connectivity index (χ3n) is 4.65. The van der Waals surface area contributed by atoms with Crippen molar-refractivity contribution in [2.24, 2.45) is 5.10 Å². The average molecular weight is 472 g/mol. The van der Waals surface area contributed by atoms with Crippen LogP contribution in [-0.2, 0) is 14.8 Å². The number of carbonyl (C=O) groups excluding carboxylic acids is 1. The zero-order valence-electron chi connectivity index (χ0n) is 18.7. The van der Waals surface area contributed by atoms with E-state index in [1.807, 2.05) is 19.9 Å². The van der Waals surface area contributed by atoms with Gasteiger partial charge in [0.1, 0.15) is 12.3 Å². The van der Waals surface area contributed by atoms with Crippen LogP contribution in [-0.4, -0.2) is 41.3 Å². The number of nitrogens with one attached hydrogen (secondary N) is 1. The molecule has 0 bridgehead atoms. The second-order valence-electron chi connectivity index (χ2n) is 7.18. The van der Waals surface area contributed by atoms with Gasteiger partial charge >= 0.3 is 0 Å². The number of hydrogen-bond acceptors (Lipinski definition) is 7. The van der Waals surface area contributed by atoms with E-state index in [4.69, 9.17) is 13.9 Å². The summed E-state index contributed by atoms with van der Waals surface area (Å²) in [6.45, 7) is 3.21. The highest BCUT2D eigenvalue weighted by Crippen LogP contribution is 2.32. The summed E-state index contributed by atoms with van der Waals surface area (Å²) in [4.78, 5) is 12.6. The van der Waals surface area contributed by atoms with Gasteiger partial charge in [0.05, 0.1) is 37.3 Å². The number of furan rings is 1. The molecule has 0 aliphatic heterocycles. The molecule has 33 heavy (non-hydrogen) atoms. The monoisotopic (exact) mass is 471 g/mol. The second-order valence-corrected chi connectivity index (χ2v) is 9.05. The molecule has 0 spiro atoms. The van der Waals surface area contributed by atoms with E-state index in [2.05, 4.69) is 10.5 Å². The predicted octanol–water partition coefficient (Wildman–Crippen LogP) is 3.26. The van der Waals surface area contributed by atoms with Crippen LogP contribution in [0.2, 0.25) is 0 Å². The number of nitrogens with zero attached hydrogens (tertiary/aromatic N) is 2. The summed E-state index contributed by atoms with van der Waals surface area (Å²) >= 11 is 0. The van der Waals surface area contributed by atoms with E-state index in [-0.39, 0.29) is 10.6 Å². The molecule has 2 aromatic carbocycles. The fourth-order valence-electron chi connectivity index (χ4n) is 3.21. The maximum Gasteiger partial charge on any atom is 0.264 e. The Labute approximate surface area is 192 Å². The van der Waals surface area contributed by atoms with Crippen LogP contribution in [0.4, 0.5) is 5.69 Å². The van der Waals surface area contributed by atoms with Gasteiger partial charge in [-0.05, 0) is 61.4 Å². The summed E-state index contributed by atoms with van der Waals surface area (Å²) in [5, 5.41) is 3.82. The first-order valence-corrected chi connectivity index (χ1v) is 11.4. The maximum absolute atomic E-state index is 13.6. The molecule has 1 N–H and O–H groups in total. The molecule has 174 valence electrons. The number of rotatable bonds is 9. The van der Waals surface area contributed by atoms with Crippen LogP contribution >= 0.6 is 0 Å². The normalized spacial score (nSPS) is 11.4. The van der Waals surface area contributed by atoms with Gasteiger partial charge in [0.2, 0.25) is 0 Å². The largest absolute Gasteiger partial charge is 0.493 e. The number of aryl methyl sites for hydroxylation is 2. The van der Waals surface area contributed by atoms with Crippen molar-refractivity contribution in [1.82, 2.24) is 5.43 Å². The number of methoxy groups -OCH3 is 2. The summed E-state index contributed by atoms with van der Waals surface area (Å²) in [7, 11) is -1.27.